The van der Waals surface area contributed by atoms with Crippen molar-refractivity contribution in [3.05, 3.63) is 69.7 Å². The fourth-order valence-electron chi connectivity index (χ4n) is 3.72. The van der Waals surface area contributed by atoms with E-state index in [1.165, 1.54) is 27.2 Å². The summed E-state index contributed by atoms with van der Waals surface area (Å²) in [7, 11) is 2.53. The van der Waals surface area contributed by atoms with Gasteiger partial charge in [0.05, 0.1) is 14.2 Å². The number of methoxy groups -OCH3 is 2. The van der Waals surface area contributed by atoms with Gasteiger partial charge in [0, 0.05) is 45.9 Å². The Bertz CT molecular complexity index is 1070. The van der Waals surface area contributed by atoms with Crippen molar-refractivity contribution in [1.29, 1.82) is 0 Å². The minimum absolute atomic E-state index is 0.220. The number of ether oxygens (including phenoxy) is 2. The zero-order valence-electron chi connectivity index (χ0n) is 17.0. The van der Waals surface area contributed by atoms with Gasteiger partial charge >= 0.3 is 11.9 Å². The molecule has 3 rings (SSSR count). The fraction of sp³-hybridized carbons (Fsp3) is 0.227. The monoisotopic (exact) mass is 462 g/mol. The first-order chi connectivity index (χ1) is 14.7. The van der Waals surface area contributed by atoms with Crippen LogP contribution < -0.4 is 10.6 Å². The van der Waals surface area contributed by atoms with E-state index in [0.717, 1.165) is 0 Å². The van der Waals surface area contributed by atoms with Crippen LogP contribution in [0.2, 0.25) is 10.0 Å². The first-order valence-corrected chi connectivity index (χ1v) is 9.98. The summed E-state index contributed by atoms with van der Waals surface area (Å²) in [6.45, 7) is 1.40. The van der Waals surface area contributed by atoms with Crippen LogP contribution in [-0.4, -0.2) is 32.1 Å². The van der Waals surface area contributed by atoms with Crippen molar-refractivity contribution < 1.29 is 23.9 Å². The first kappa shape index (κ1) is 22.7. The molecule has 1 heterocycles. The number of nitrogens with one attached hydrogen (secondary N) is 2. The molecule has 9 heteroatoms. The van der Waals surface area contributed by atoms with Crippen LogP contribution in [0.4, 0.5) is 11.4 Å². The van der Waals surface area contributed by atoms with Crippen molar-refractivity contribution in [3.8, 4) is 0 Å². The van der Waals surface area contributed by atoms with Crippen molar-refractivity contribution in [2.75, 3.05) is 24.9 Å². The van der Waals surface area contributed by atoms with Gasteiger partial charge in [0.2, 0.25) is 5.91 Å². The van der Waals surface area contributed by atoms with E-state index in [9.17, 15) is 14.4 Å². The summed E-state index contributed by atoms with van der Waals surface area (Å²) in [6, 6.07) is 9.93. The van der Waals surface area contributed by atoms with Crippen LogP contribution in [0.3, 0.4) is 0 Å². The lowest BCUT2D eigenvalue weighted by atomic mass is 9.77. The molecule has 31 heavy (non-hydrogen) atoms. The topological polar surface area (TPSA) is 93.7 Å². The van der Waals surface area contributed by atoms with E-state index in [1.54, 1.807) is 42.5 Å². The Morgan fingerprint density at radius 3 is 2.35 bits per heavy atom. The van der Waals surface area contributed by atoms with E-state index >= 15 is 0 Å². The molecule has 1 aliphatic rings. The molecule has 7 nitrogen and oxygen atoms in total. The third-order valence-electron chi connectivity index (χ3n) is 5.00. The van der Waals surface area contributed by atoms with E-state index in [2.05, 4.69) is 10.6 Å². The van der Waals surface area contributed by atoms with E-state index < -0.39 is 23.4 Å². The molecule has 2 aromatic carbocycles. The molecule has 2 aromatic rings. The van der Waals surface area contributed by atoms with Gasteiger partial charge in [-0.2, -0.15) is 0 Å². The summed E-state index contributed by atoms with van der Waals surface area (Å²) in [5.74, 6) is -2.12. The van der Waals surface area contributed by atoms with Gasteiger partial charge in [-0.05, 0) is 29.8 Å². The van der Waals surface area contributed by atoms with Crippen LogP contribution >= 0.6 is 23.2 Å². The Morgan fingerprint density at radius 1 is 1.10 bits per heavy atom. The molecule has 2 atom stereocenters. The molecule has 0 radical (unpaired) electrons. The minimum Gasteiger partial charge on any atom is -0.467 e. The summed E-state index contributed by atoms with van der Waals surface area (Å²) in [4.78, 5) is 36.4. The van der Waals surface area contributed by atoms with E-state index in [1.807, 2.05) is 0 Å². The number of hydrogen-bond donors (Lipinski definition) is 2. The van der Waals surface area contributed by atoms with Crippen molar-refractivity contribution >= 4 is 52.4 Å². The number of anilines is 2. The highest BCUT2D eigenvalue weighted by Gasteiger charge is 2.54. The van der Waals surface area contributed by atoms with E-state index in [0.29, 0.717) is 32.5 Å². The lowest BCUT2D eigenvalue weighted by Crippen LogP contribution is -2.45. The lowest BCUT2D eigenvalue weighted by molar-refractivity contribution is -0.146. The molecule has 0 spiro atoms. The number of esters is 2. The molecule has 0 aromatic heterocycles. The molecule has 1 aliphatic heterocycles. The Hall–Kier alpha value is -3.03. The third kappa shape index (κ3) is 4.24. The van der Waals surface area contributed by atoms with Crippen molar-refractivity contribution in [2.45, 2.75) is 18.4 Å². The van der Waals surface area contributed by atoms with Gasteiger partial charge in [-0.25, -0.2) is 9.59 Å². The third-order valence-corrected chi connectivity index (χ3v) is 5.53. The number of amides is 1. The standard InChI is InChI=1S/C22H20Cl2N2O5/c1-12(27)25-15-6-4-13(5-7-15)22(21(29)31-3)16(8-9-19(28)30-2)20-17(24)10-14(23)11-18(20)26-22/h4-11,16,26H,1-3H3,(H,25,27)/b9-8-. The maximum absolute atomic E-state index is 13.2. The highest BCUT2D eigenvalue weighted by molar-refractivity contribution is 6.36. The molecular formula is C22H20Cl2N2O5. The number of halogens is 2. The van der Waals surface area contributed by atoms with Crippen molar-refractivity contribution in [1.82, 2.24) is 0 Å². The Labute approximate surface area is 189 Å². The smallest absolute Gasteiger partial charge is 0.337 e. The van der Waals surface area contributed by atoms with Gasteiger partial charge in [-0.3, -0.25) is 4.79 Å². The predicted molar refractivity (Wildman–Crippen MR) is 118 cm³/mol. The fourth-order valence-corrected chi connectivity index (χ4v) is 4.33. The molecule has 1 amide bonds. The molecular weight excluding hydrogens is 443 g/mol. The summed E-state index contributed by atoms with van der Waals surface area (Å²) < 4.78 is 9.86. The van der Waals surface area contributed by atoms with Crippen LogP contribution in [0.25, 0.3) is 0 Å². The summed E-state index contributed by atoms with van der Waals surface area (Å²) in [5, 5.41) is 6.61. The van der Waals surface area contributed by atoms with Gasteiger partial charge in [-0.15, -0.1) is 0 Å². The zero-order chi connectivity index (χ0) is 22.8. The number of carbonyl (C=O) groups is 3. The average Bonchev–Trinajstić information content (AvgIpc) is 3.06. The van der Waals surface area contributed by atoms with Crippen LogP contribution in [-0.2, 0) is 29.4 Å². The van der Waals surface area contributed by atoms with Gasteiger partial charge in [0.1, 0.15) is 0 Å². The zero-order valence-corrected chi connectivity index (χ0v) is 18.5. The molecule has 0 bridgehead atoms. The number of hydrogen-bond acceptors (Lipinski definition) is 6. The number of rotatable bonds is 5. The van der Waals surface area contributed by atoms with E-state index in [-0.39, 0.29) is 5.91 Å². The van der Waals surface area contributed by atoms with Crippen molar-refractivity contribution in [3.63, 3.8) is 0 Å². The highest BCUT2D eigenvalue weighted by Crippen LogP contribution is 2.53. The molecule has 0 fully saturated rings. The van der Waals surface area contributed by atoms with Crippen molar-refractivity contribution in [2.24, 2.45) is 0 Å². The first-order valence-electron chi connectivity index (χ1n) is 9.22. The summed E-state index contributed by atoms with van der Waals surface area (Å²) in [5.41, 5.74) is 0.784. The molecule has 0 saturated heterocycles. The van der Waals surface area contributed by atoms with Crippen LogP contribution in [0, 0.1) is 0 Å². The molecule has 0 aliphatic carbocycles. The number of benzene rings is 2. The average molecular weight is 463 g/mol. The summed E-state index contributed by atoms with van der Waals surface area (Å²) in [6.07, 6.45) is 2.78. The maximum atomic E-state index is 13.2. The van der Waals surface area contributed by atoms with E-state index in [4.69, 9.17) is 32.7 Å². The molecule has 162 valence electrons. The molecule has 2 N–H and O–H groups in total. The number of fused-ring (bicyclic) bond motifs is 1. The molecule has 0 saturated carbocycles. The summed E-state index contributed by atoms with van der Waals surface area (Å²) >= 11 is 12.7. The van der Waals surface area contributed by atoms with Crippen LogP contribution in [0.5, 0.6) is 0 Å². The van der Waals surface area contributed by atoms with Gasteiger partial charge in [0.15, 0.2) is 5.54 Å². The maximum Gasteiger partial charge on any atom is 0.337 e. The highest BCUT2D eigenvalue weighted by atomic mass is 35.5. The largest absolute Gasteiger partial charge is 0.467 e. The quantitative estimate of drug-likeness (QED) is 0.509. The second-order valence-electron chi connectivity index (χ2n) is 6.89. The Morgan fingerprint density at radius 2 is 1.77 bits per heavy atom. The lowest BCUT2D eigenvalue weighted by Gasteiger charge is -2.32. The Balaban J connectivity index is 2.22. The number of carbonyl (C=O) groups excluding carboxylic acids is 3. The normalized spacial score (nSPS) is 19.5. The van der Waals surface area contributed by atoms with Gasteiger partial charge in [-0.1, -0.05) is 41.4 Å². The second-order valence-corrected chi connectivity index (χ2v) is 7.74. The predicted octanol–water partition coefficient (Wildman–Crippen LogP) is 4.26. The Kier molecular flexibility index (Phi) is 6.57. The van der Waals surface area contributed by atoms with Gasteiger partial charge < -0.3 is 20.1 Å². The van der Waals surface area contributed by atoms with Gasteiger partial charge in [0.25, 0.3) is 0 Å². The SMILES string of the molecule is COC(=O)/C=C\C1c2c(Cl)cc(Cl)cc2NC1(C(=O)OC)c1ccc(NC(C)=O)cc1. The molecule has 2 unspecified atom stereocenters. The second kappa shape index (κ2) is 8.99. The minimum atomic E-state index is -1.44. The van der Waals surface area contributed by atoms with Crippen LogP contribution in [0.15, 0.2) is 48.6 Å². The van der Waals surface area contributed by atoms with Crippen LogP contribution in [0.1, 0.15) is 24.0 Å².